The monoisotopic (exact) mass is 163 g/mol. The van der Waals surface area contributed by atoms with Crippen LogP contribution in [0, 0.1) is 11.3 Å². The Morgan fingerprint density at radius 3 is 2.25 bits per heavy atom. The molecule has 0 spiro atoms. The van der Waals surface area contributed by atoms with E-state index in [9.17, 15) is 0 Å². The van der Waals surface area contributed by atoms with Gasteiger partial charge in [0, 0.05) is 5.57 Å². The predicted molar refractivity (Wildman–Crippen MR) is 52.7 cm³/mol. The lowest BCUT2D eigenvalue weighted by Gasteiger charge is -1.92. The molecule has 0 atom stereocenters. The molecule has 0 unspecified atom stereocenters. The Balaban J connectivity index is 3.47. The number of unbranched alkanes of at least 4 members (excludes halogenated alkanes) is 2. The summed E-state index contributed by atoms with van der Waals surface area (Å²) in [5.74, 6) is 0. The van der Waals surface area contributed by atoms with Crippen LogP contribution >= 0.6 is 0 Å². The van der Waals surface area contributed by atoms with Crippen molar-refractivity contribution in [2.24, 2.45) is 0 Å². The van der Waals surface area contributed by atoms with Crippen LogP contribution in [0.1, 0.15) is 40.0 Å². The molecule has 0 aliphatic carbocycles. The average Bonchev–Trinajstić information content (AvgIpc) is 2.03. The van der Waals surface area contributed by atoms with E-state index in [0.29, 0.717) is 0 Å². The maximum absolute atomic E-state index is 8.45. The van der Waals surface area contributed by atoms with E-state index >= 15 is 0 Å². The van der Waals surface area contributed by atoms with Crippen LogP contribution in [0.3, 0.4) is 0 Å². The standard InChI is InChI=1S/C11H17N/c1-10(2)7-5-4-6-8-11(3)9-12/h7-8H,4-6H2,1-3H3. The second-order valence-corrected chi connectivity index (χ2v) is 3.21. The van der Waals surface area contributed by atoms with Crippen LogP contribution in [0.25, 0.3) is 0 Å². The van der Waals surface area contributed by atoms with Crippen LogP contribution in [-0.4, -0.2) is 0 Å². The first-order valence-electron chi connectivity index (χ1n) is 4.37. The molecule has 66 valence electrons. The lowest BCUT2D eigenvalue weighted by Crippen LogP contribution is -1.73. The highest BCUT2D eigenvalue weighted by Gasteiger charge is 1.85. The molecule has 0 N–H and O–H groups in total. The van der Waals surface area contributed by atoms with E-state index < -0.39 is 0 Å². The molecule has 0 fully saturated rings. The van der Waals surface area contributed by atoms with Gasteiger partial charge in [0.25, 0.3) is 0 Å². The fraction of sp³-hybridized carbons (Fsp3) is 0.545. The second-order valence-electron chi connectivity index (χ2n) is 3.21. The van der Waals surface area contributed by atoms with Crippen LogP contribution in [0.4, 0.5) is 0 Å². The van der Waals surface area contributed by atoms with Gasteiger partial charge in [-0.25, -0.2) is 0 Å². The van der Waals surface area contributed by atoms with Crippen LogP contribution in [0.5, 0.6) is 0 Å². The van der Waals surface area contributed by atoms with Crippen molar-refractivity contribution in [3.05, 3.63) is 23.3 Å². The van der Waals surface area contributed by atoms with Gasteiger partial charge in [-0.2, -0.15) is 5.26 Å². The van der Waals surface area contributed by atoms with E-state index in [1.54, 1.807) is 0 Å². The van der Waals surface area contributed by atoms with E-state index in [4.69, 9.17) is 5.26 Å². The smallest absolute Gasteiger partial charge is 0.0940 e. The summed E-state index contributed by atoms with van der Waals surface area (Å²) in [6, 6.07) is 2.11. The Morgan fingerprint density at radius 1 is 1.17 bits per heavy atom. The molecule has 0 aromatic carbocycles. The first kappa shape index (κ1) is 11.0. The summed E-state index contributed by atoms with van der Waals surface area (Å²) in [7, 11) is 0. The van der Waals surface area contributed by atoms with Crippen LogP contribution in [0.15, 0.2) is 23.3 Å². The third kappa shape index (κ3) is 7.08. The van der Waals surface area contributed by atoms with Crippen molar-refractivity contribution in [3.63, 3.8) is 0 Å². The first-order valence-corrected chi connectivity index (χ1v) is 4.37. The SMILES string of the molecule is CC(C)=CCCCC=C(C)C#N. The highest BCUT2D eigenvalue weighted by molar-refractivity contribution is 5.16. The van der Waals surface area contributed by atoms with E-state index in [2.05, 4.69) is 26.0 Å². The van der Waals surface area contributed by atoms with Crippen molar-refractivity contribution in [2.45, 2.75) is 40.0 Å². The number of nitriles is 1. The average molecular weight is 163 g/mol. The highest BCUT2D eigenvalue weighted by Crippen LogP contribution is 2.03. The molecule has 0 amide bonds. The molecule has 0 radical (unpaired) electrons. The molecule has 0 aliphatic heterocycles. The number of allylic oxidation sites excluding steroid dienone is 4. The minimum Gasteiger partial charge on any atom is -0.193 e. The Morgan fingerprint density at radius 2 is 1.75 bits per heavy atom. The topological polar surface area (TPSA) is 23.8 Å². The van der Waals surface area contributed by atoms with Crippen molar-refractivity contribution in [3.8, 4) is 6.07 Å². The molecule has 0 aromatic heterocycles. The molecule has 0 saturated heterocycles. The number of rotatable bonds is 4. The third-order valence-corrected chi connectivity index (χ3v) is 1.59. The molecule has 1 heteroatoms. The quantitative estimate of drug-likeness (QED) is 0.353. The number of hydrogen-bond donors (Lipinski definition) is 0. The van der Waals surface area contributed by atoms with Crippen LogP contribution < -0.4 is 0 Å². The van der Waals surface area contributed by atoms with Crippen LogP contribution in [0.2, 0.25) is 0 Å². The van der Waals surface area contributed by atoms with Gasteiger partial charge in [0.1, 0.15) is 0 Å². The summed E-state index contributed by atoms with van der Waals surface area (Å²) in [5, 5.41) is 8.45. The highest BCUT2D eigenvalue weighted by atomic mass is 14.2. The molecular formula is C11H17N. The maximum Gasteiger partial charge on any atom is 0.0940 e. The van der Waals surface area contributed by atoms with Gasteiger partial charge in [-0.15, -0.1) is 0 Å². The molecule has 12 heavy (non-hydrogen) atoms. The molecule has 0 aliphatic rings. The Hall–Kier alpha value is -1.03. The Kier molecular flexibility index (Phi) is 6.09. The van der Waals surface area contributed by atoms with Gasteiger partial charge in [-0.3, -0.25) is 0 Å². The molecular weight excluding hydrogens is 146 g/mol. The molecule has 1 nitrogen and oxygen atoms in total. The maximum atomic E-state index is 8.45. The van der Waals surface area contributed by atoms with Gasteiger partial charge >= 0.3 is 0 Å². The minimum atomic E-state index is 0.826. The normalized spacial score (nSPS) is 10.7. The Bertz CT molecular complexity index is 212. The second kappa shape index (κ2) is 6.67. The van der Waals surface area contributed by atoms with Gasteiger partial charge in [-0.05, 0) is 40.0 Å². The van der Waals surface area contributed by atoms with Gasteiger partial charge in [0.05, 0.1) is 6.07 Å². The predicted octanol–water partition coefficient (Wildman–Crippen LogP) is 3.59. The Labute approximate surface area is 75.4 Å². The van der Waals surface area contributed by atoms with Crippen molar-refractivity contribution in [1.29, 1.82) is 5.26 Å². The minimum absolute atomic E-state index is 0.826. The van der Waals surface area contributed by atoms with Crippen molar-refractivity contribution < 1.29 is 0 Å². The van der Waals surface area contributed by atoms with Gasteiger partial charge < -0.3 is 0 Å². The molecule has 0 heterocycles. The third-order valence-electron chi connectivity index (χ3n) is 1.59. The summed E-state index contributed by atoms with van der Waals surface area (Å²) in [6.45, 7) is 6.06. The van der Waals surface area contributed by atoms with E-state index in [-0.39, 0.29) is 0 Å². The largest absolute Gasteiger partial charge is 0.193 e. The zero-order valence-corrected chi connectivity index (χ0v) is 8.22. The first-order chi connectivity index (χ1) is 5.66. The van der Waals surface area contributed by atoms with Gasteiger partial charge in [0.15, 0.2) is 0 Å². The molecule has 0 bridgehead atoms. The van der Waals surface area contributed by atoms with Crippen LogP contribution in [-0.2, 0) is 0 Å². The van der Waals surface area contributed by atoms with Gasteiger partial charge in [-0.1, -0.05) is 17.7 Å². The lowest BCUT2D eigenvalue weighted by molar-refractivity contribution is 0.859. The number of nitrogens with zero attached hydrogens (tertiary/aromatic N) is 1. The fourth-order valence-electron chi connectivity index (χ4n) is 0.873. The zero-order chi connectivity index (χ0) is 9.40. The summed E-state index contributed by atoms with van der Waals surface area (Å²) < 4.78 is 0. The fourth-order valence-corrected chi connectivity index (χ4v) is 0.873. The molecule has 0 aromatic rings. The summed E-state index contributed by atoms with van der Waals surface area (Å²) in [5.41, 5.74) is 2.20. The lowest BCUT2D eigenvalue weighted by atomic mass is 10.1. The summed E-state index contributed by atoms with van der Waals surface area (Å²) in [4.78, 5) is 0. The van der Waals surface area contributed by atoms with Crippen molar-refractivity contribution in [2.75, 3.05) is 0 Å². The molecule has 0 saturated carbocycles. The summed E-state index contributed by atoms with van der Waals surface area (Å²) in [6.07, 6.45) is 7.51. The van der Waals surface area contributed by atoms with E-state index in [1.807, 2.05) is 13.0 Å². The van der Waals surface area contributed by atoms with Crippen molar-refractivity contribution >= 4 is 0 Å². The number of hydrogen-bond acceptors (Lipinski definition) is 1. The van der Waals surface area contributed by atoms with Crippen molar-refractivity contribution in [1.82, 2.24) is 0 Å². The summed E-state index contributed by atoms with van der Waals surface area (Å²) >= 11 is 0. The zero-order valence-electron chi connectivity index (χ0n) is 8.22. The van der Waals surface area contributed by atoms with E-state index in [0.717, 1.165) is 24.8 Å². The molecule has 0 rings (SSSR count). The van der Waals surface area contributed by atoms with E-state index in [1.165, 1.54) is 5.57 Å². The van der Waals surface area contributed by atoms with Gasteiger partial charge in [0.2, 0.25) is 0 Å².